The molecule has 2 saturated heterocycles. The van der Waals surface area contributed by atoms with Crippen molar-refractivity contribution in [1.82, 2.24) is 10.3 Å². The van der Waals surface area contributed by atoms with Gasteiger partial charge in [0.25, 0.3) is 0 Å². The number of hydrogen-bond donors (Lipinski definition) is 1. The van der Waals surface area contributed by atoms with Gasteiger partial charge >= 0.3 is 7.12 Å². The van der Waals surface area contributed by atoms with Gasteiger partial charge in [-0.05, 0) is 52.6 Å². The standard InChI is InChI=1S/C15H23BN2O2/c1-14(2)15(3,4)20-16(19-14)12-8-11(9-17-10-12)13-6-5-7-18-13/h8-10,13,18H,5-7H2,1-4H3/t13-/m0/s1. The first-order chi connectivity index (χ1) is 9.39. The van der Waals surface area contributed by atoms with E-state index in [1.807, 2.05) is 12.4 Å². The molecule has 2 aliphatic rings. The molecule has 0 aliphatic carbocycles. The molecule has 20 heavy (non-hydrogen) atoms. The molecule has 0 aromatic carbocycles. The predicted octanol–water partition coefficient (Wildman–Crippen LogP) is 1.81. The van der Waals surface area contributed by atoms with Crippen molar-refractivity contribution >= 4 is 12.6 Å². The highest BCUT2D eigenvalue weighted by Gasteiger charge is 2.51. The van der Waals surface area contributed by atoms with Gasteiger partial charge in [-0.1, -0.05) is 6.07 Å². The molecule has 1 atom stereocenters. The van der Waals surface area contributed by atoms with Gasteiger partial charge in [0.2, 0.25) is 0 Å². The van der Waals surface area contributed by atoms with Crippen LogP contribution in [0.3, 0.4) is 0 Å². The molecule has 0 radical (unpaired) electrons. The van der Waals surface area contributed by atoms with Gasteiger partial charge in [-0.15, -0.1) is 0 Å². The lowest BCUT2D eigenvalue weighted by Gasteiger charge is -2.32. The fourth-order valence-corrected chi connectivity index (χ4v) is 2.74. The lowest BCUT2D eigenvalue weighted by molar-refractivity contribution is 0.00578. The van der Waals surface area contributed by atoms with E-state index >= 15 is 0 Å². The highest BCUT2D eigenvalue weighted by molar-refractivity contribution is 6.62. The number of pyridine rings is 1. The van der Waals surface area contributed by atoms with Crippen LogP contribution in [0.1, 0.15) is 52.1 Å². The van der Waals surface area contributed by atoms with E-state index in [9.17, 15) is 0 Å². The Balaban J connectivity index is 1.83. The Bertz CT molecular complexity index is 482. The molecule has 2 fully saturated rings. The normalized spacial score (nSPS) is 28.0. The maximum absolute atomic E-state index is 6.09. The minimum absolute atomic E-state index is 0.306. The molecule has 0 bridgehead atoms. The first kappa shape index (κ1) is 14.0. The van der Waals surface area contributed by atoms with Crippen LogP contribution in [-0.4, -0.2) is 29.8 Å². The number of hydrogen-bond acceptors (Lipinski definition) is 4. The Hall–Kier alpha value is -0.905. The van der Waals surface area contributed by atoms with Crippen molar-refractivity contribution in [1.29, 1.82) is 0 Å². The molecular formula is C15H23BN2O2. The van der Waals surface area contributed by atoms with Gasteiger partial charge in [-0.3, -0.25) is 4.98 Å². The number of aromatic nitrogens is 1. The molecule has 0 spiro atoms. The molecule has 0 saturated carbocycles. The van der Waals surface area contributed by atoms with Gasteiger partial charge < -0.3 is 14.6 Å². The van der Waals surface area contributed by atoms with Crippen LogP contribution in [0.5, 0.6) is 0 Å². The SMILES string of the molecule is CC1(C)OB(c2cncc([C@@H]3CCCN3)c2)OC1(C)C. The summed E-state index contributed by atoms with van der Waals surface area (Å²) in [6.45, 7) is 9.38. The Labute approximate surface area is 121 Å². The zero-order valence-corrected chi connectivity index (χ0v) is 12.8. The van der Waals surface area contributed by atoms with Crippen LogP contribution in [0.4, 0.5) is 0 Å². The van der Waals surface area contributed by atoms with E-state index in [1.165, 1.54) is 18.4 Å². The van der Waals surface area contributed by atoms with Gasteiger partial charge in [-0.2, -0.15) is 0 Å². The topological polar surface area (TPSA) is 43.4 Å². The average molecular weight is 274 g/mol. The molecule has 4 nitrogen and oxygen atoms in total. The first-order valence-corrected chi connectivity index (χ1v) is 7.43. The number of nitrogens with zero attached hydrogens (tertiary/aromatic N) is 1. The smallest absolute Gasteiger partial charge is 0.399 e. The Morgan fingerprint density at radius 2 is 1.90 bits per heavy atom. The molecule has 3 rings (SSSR count). The first-order valence-electron chi connectivity index (χ1n) is 7.43. The van der Waals surface area contributed by atoms with Crippen molar-refractivity contribution in [2.24, 2.45) is 0 Å². The second-order valence-electron chi connectivity index (χ2n) is 6.79. The summed E-state index contributed by atoms with van der Waals surface area (Å²) in [5.74, 6) is 0. The minimum Gasteiger partial charge on any atom is -0.399 e. The zero-order valence-electron chi connectivity index (χ0n) is 12.8. The van der Waals surface area contributed by atoms with Crippen LogP contribution < -0.4 is 10.8 Å². The van der Waals surface area contributed by atoms with E-state index in [2.05, 4.69) is 44.1 Å². The van der Waals surface area contributed by atoms with Crippen LogP contribution in [-0.2, 0) is 9.31 Å². The predicted molar refractivity (Wildman–Crippen MR) is 79.9 cm³/mol. The highest BCUT2D eigenvalue weighted by atomic mass is 16.7. The third-order valence-electron chi connectivity index (χ3n) is 4.77. The van der Waals surface area contributed by atoms with Crippen molar-refractivity contribution < 1.29 is 9.31 Å². The molecule has 0 unspecified atom stereocenters. The van der Waals surface area contributed by atoms with E-state index in [0.717, 1.165) is 12.0 Å². The monoisotopic (exact) mass is 274 g/mol. The summed E-state index contributed by atoms with van der Waals surface area (Å²) in [5.41, 5.74) is 1.63. The summed E-state index contributed by atoms with van der Waals surface area (Å²) < 4.78 is 12.2. The molecule has 1 N–H and O–H groups in total. The van der Waals surface area contributed by atoms with Crippen LogP contribution in [0.25, 0.3) is 0 Å². The molecule has 1 aromatic rings. The maximum Gasteiger partial charge on any atom is 0.496 e. The molecule has 3 heterocycles. The Kier molecular flexibility index (Phi) is 3.39. The summed E-state index contributed by atoms with van der Waals surface area (Å²) in [6, 6.07) is 2.59. The zero-order chi connectivity index (χ0) is 14.4. The lowest BCUT2D eigenvalue weighted by Crippen LogP contribution is -2.41. The summed E-state index contributed by atoms with van der Waals surface area (Å²) in [6.07, 6.45) is 6.19. The van der Waals surface area contributed by atoms with Gasteiger partial charge in [-0.25, -0.2) is 0 Å². The fraction of sp³-hybridized carbons (Fsp3) is 0.667. The van der Waals surface area contributed by atoms with E-state index in [4.69, 9.17) is 9.31 Å². The average Bonchev–Trinajstić information content (AvgIpc) is 2.97. The van der Waals surface area contributed by atoms with E-state index in [1.54, 1.807) is 0 Å². The molecule has 108 valence electrons. The lowest BCUT2D eigenvalue weighted by atomic mass is 9.79. The molecule has 5 heteroatoms. The highest BCUT2D eigenvalue weighted by Crippen LogP contribution is 2.36. The number of rotatable bonds is 2. The second kappa shape index (κ2) is 4.83. The number of nitrogens with one attached hydrogen (secondary N) is 1. The molecule has 1 aromatic heterocycles. The molecular weight excluding hydrogens is 251 g/mol. The maximum atomic E-state index is 6.09. The van der Waals surface area contributed by atoms with Crippen LogP contribution >= 0.6 is 0 Å². The Morgan fingerprint density at radius 1 is 1.20 bits per heavy atom. The van der Waals surface area contributed by atoms with Crippen LogP contribution in [0.2, 0.25) is 0 Å². The van der Waals surface area contributed by atoms with Crippen LogP contribution in [0, 0.1) is 0 Å². The largest absolute Gasteiger partial charge is 0.496 e. The summed E-state index contributed by atoms with van der Waals surface area (Å²) in [5, 5.41) is 3.50. The molecule has 0 amide bonds. The van der Waals surface area contributed by atoms with Crippen molar-refractivity contribution in [3.63, 3.8) is 0 Å². The summed E-state index contributed by atoms with van der Waals surface area (Å²) in [4.78, 5) is 4.37. The van der Waals surface area contributed by atoms with Gasteiger partial charge in [0.15, 0.2) is 0 Å². The minimum atomic E-state index is -0.325. The van der Waals surface area contributed by atoms with Crippen LogP contribution in [0.15, 0.2) is 18.5 Å². The van der Waals surface area contributed by atoms with Gasteiger partial charge in [0, 0.05) is 23.9 Å². The third kappa shape index (κ3) is 2.38. The van der Waals surface area contributed by atoms with Gasteiger partial charge in [0.1, 0.15) is 0 Å². The van der Waals surface area contributed by atoms with Crippen molar-refractivity contribution in [2.75, 3.05) is 6.54 Å². The summed E-state index contributed by atoms with van der Waals surface area (Å²) >= 11 is 0. The fourth-order valence-electron chi connectivity index (χ4n) is 2.74. The van der Waals surface area contributed by atoms with E-state index in [0.29, 0.717) is 6.04 Å². The Morgan fingerprint density at radius 3 is 2.50 bits per heavy atom. The second-order valence-corrected chi connectivity index (χ2v) is 6.79. The molecule has 2 aliphatic heterocycles. The van der Waals surface area contributed by atoms with Crippen molar-refractivity contribution in [2.45, 2.75) is 57.8 Å². The third-order valence-corrected chi connectivity index (χ3v) is 4.77. The quantitative estimate of drug-likeness (QED) is 0.835. The van der Waals surface area contributed by atoms with E-state index in [-0.39, 0.29) is 18.3 Å². The van der Waals surface area contributed by atoms with Crippen molar-refractivity contribution in [3.8, 4) is 0 Å². The van der Waals surface area contributed by atoms with E-state index < -0.39 is 0 Å². The van der Waals surface area contributed by atoms with Gasteiger partial charge in [0.05, 0.1) is 11.2 Å². The summed E-state index contributed by atoms with van der Waals surface area (Å²) in [7, 11) is -0.325. The van der Waals surface area contributed by atoms with Crippen molar-refractivity contribution in [3.05, 3.63) is 24.0 Å².